The number of ether oxygens (including phenoxy) is 1. The zero-order valence-electron chi connectivity index (χ0n) is 18.4. The quantitative estimate of drug-likeness (QED) is 0.434. The average molecular weight is 434 g/mol. The standard InChI is InChI=1S/C22H32FN5O3/c1-22(2,23)21(30)28-13-11-27(12-14-28)10-9-20(26-16-24-3)25-15-18(29)17-7-5-6-8-19(17)31-4/h5-9,16,18,25,29H,3,10-15H2,1-2,4H3/b20-9-,26-16-. The zero-order chi connectivity index (χ0) is 22.9. The van der Waals surface area contributed by atoms with Crippen LogP contribution in [0.25, 0.3) is 0 Å². The van der Waals surface area contributed by atoms with E-state index in [4.69, 9.17) is 4.74 Å². The molecule has 1 heterocycles. The molecule has 0 saturated carbocycles. The topological polar surface area (TPSA) is 89.8 Å². The van der Waals surface area contributed by atoms with E-state index in [9.17, 15) is 14.3 Å². The highest BCUT2D eigenvalue weighted by Crippen LogP contribution is 2.24. The van der Waals surface area contributed by atoms with Crippen LogP contribution in [0.15, 0.2) is 46.1 Å². The predicted octanol–water partition coefficient (Wildman–Crippen LogP) is 1.78. The van der Waals surface area contributed by atoms with E-state index in [0.29, 0.717) is 49.9 Å². The van der Waals surface area contributed by atoms with Crippen LogP contribution in [0.1, 0.15) is 25.5 Å². The van der Waals surface area contributed by atoms with Crippen molar-refractivity contribution in [2.24, 2.45) is 9.98 Å². The number of alkyl halides is 1. The van der Waals surface area contributed by atoms with Gasteiger partial charge in [-0.25, -0.2) is 9.38 Å². The summed E-state index contributed by atoms with van der Waals surface area (Å²) in [5.41, 5.74) is -1.17. The molecule has 0 bridgehead atoms. The lowest BCUT2D eigenvalue weighted by Gasteiger charge is -2.36. The third kappa shape index (κ3) is 7.45. The number of piperazine rings is 1. The monoisotopic (exact) mass is 433 g/mol. The predicted molar refractivity (Wildman–Crippen MR) is 120 cm³/mol. The van der Waals surface area contributed by atoms with Crippen LogP contribution in [0.5, 0.6) is 5.75 Å². The van der Waals surface area contributed by atoms with Gasteiger partial charge in [0.1, 0.15) is 17.9 Å². The van der Waals surface area contributed by atoms with Crippen molar-refractivity contribution in [1.29, 1.82) is 0 Å². The normalized spacial score (nSPS) is 16.9. The van der Waals surface area contributed by atoms with Gasteiger partial charge < -0.3 is 20.1 Å². The highest BCUT2D eigenvalue weighted by molar-refractivity contribution is 5.84. The van der Waals surface area contributed by atoms with Gasteiger partial charge in [-0.3, -0.25) is 14.7 Å². The number of aliphatic imine (C=N–C) groups is 2. The number of rotatable bonds is 10. The first-order valence-electron chi connectivity index (χ1n) is 10.2. The maximum absolute atomic E-state index is 13.9. The van der Waals surface area contributed by atoms with E-state index in [1.54, 1.807) is 18.1 Å². The van der Waals surface area contributed by atoms with Crippen LogP contribution in [0.2, 0.25) is 0 Å². The molecule has 2 N–H and O–H groups in total. The van der Waals surface area contributed by atoms with Crippen LogP contribution in [0.3, 0.4) is 0 Å². The number of nitrogens with one attached hydrogen (secondary N) is 1. The fraction of sp³-hybridized carbons (Fsp3) is 0.500. The van der Waals surface area contributed by atoms with Crippen molar-refractivity contribution in [2.75, 3.05) is 46.4 Å². The van der Waals surface area contributed by atoms with Crippen molar-refractivity contribution < 1.29 is 19.0 Å². The van der Waals surface area contributed by atoms with E-state index in [1.807, 2.05) is 24.3 Å². The minimum Gasteiger partial charge on any atom is -0.496 e. The van der Waals surface area contributed by atoms with E-state index in [1.165, 1.54) is 20.2 Å². The van der Waals surface area contributed by atoms with E-state index in [0.717, 1.165) is 0 Å². The number of nitrogens with zero attached hydrogens (tertiary/aromatic N) is 4. The van der Waals surface area contributed by atoms with E-state index in [2.05, 4.69) is 26.9 Å². The number of benzene rings is 1. The first kappa shape index (κ1) is 24.5. The minimum atomic E-state index is -1.85. The third-order valence-electron chi connectivity index (χ3n) is 4.96. The highest BCUT2D eigenvalue weighted by Gasteiger charge is 2.33. The van der Waals surface area contributed by atoms with Crippen molar-refractivity contribution in [1.82, 2.24) is 15.1 Å². The lowest BCUT2D eigenvalue weighted by atomic mass is 10.1. The van der Waals surface area contributed by atoms with Gasteiger partial charge in [-0.2, -0.15) is 0 Å². The summed E-state index contributed by atoms with van der Waals surface area (Å²) in [4.78, 5) is 23.6. The molecule has 0 aromatic heterocycles. The average Bonchev–Trinajstić information content (AvgIpc) is 2.77. The molecule has 170 valence electrons. The number of methoxy groups -OCH3 is 1. The van der Waals surface area contributed by atoms with Crippen LogP contribution in [-0.4, -0.2) is 85.9 Å². The second kappa shape index (κ2) is 11.6. The largest absolute Gasteiger partial charge is 0.496 e. The van der Waals surface area contributed by atoms with Crippen LogP contribution in [0, 0.1) is 0 Å². The smallest absolute Gasteiger partial charge is 0.259 e. The summed E-state index contributed by atoms with van der Waals surface area (Å²) in [5, 5.41) is 13.7. The third-order valence-corrected chi connectivity index (χ3v) is 4.96. The SMILES string of the molecule is C=N/C=N\C(=C/CN1CCN(C(=O)C(C)(C)F)CC1)NCC(O)c1ccccc1OC. The molecule has 1 aromatic carbocycles. The van der Waals surface area contributed by atoms with E-state index < -0.39 is 17.7 Å². The Balaban J connectivity index is 1.93. The van der Waals surface area contributed by atoms with Gasteiger partial charge in [0.25, 0.3) is 5.91 Å². The molecule has 0 aliphatic carbocycles. The lowest BCUT2D eigenvalue weighted by Crippen LogP contribution is -2.52. The summed E-state index contributed by atoms with van der Waals surface area (Å²) in [5.74, 6) is 0.684. The molecule has 0 spiro atoms. The number of aliphatic hydroxyl groups is 1. The molecule has 2 rings (SSSR count). The van der Waals surface area contributed by atoms with Gasteiger partial charge in [0, 0.05) is 44.8 Å². The fourth-order valence-electron chi connectivity index (χ4n) is 3.25. The molecule has 1 atom stereocenters. The van der Waals surface area contributed by atoms with Crippen LogP contribution < -0.4 is 10.1 Å². The second-order valence-corrected chi connectivity index (χ2v) is 7.72. The Morgan fingerprint density at radius 1 is 1.35 bits per heavy atom. The summed E-state index contributed by atoms with van der Waals surface area (Å²) >= 11 is 0. The van der Waals surface area contributed by atoms with Crippen molar-refractivity contribution in [3.05, 3.63) is 41.7 Å². The number of halogens is 1. The van der Waals surface area contributed by atoms with Crippen molar-refractivity contribution in [3.8, 4) is 5.75 Å². The summed E-state index contributed by atoms with van der Waals surface area (Å²) in [7, 11) is 1.56. The Bertz CT molecular complexity index is 799. The Labute approximate surface area is 183 Å². The molecule has 9 heteroatoms. The van der Waals surface area contributed by atoms with E-state index in [-0.39, 0.29) is 6.54 Å². The maximum atomic E-state index is 13.9. The minimum absolute atomic E-state index is 0.231. The lowest BCUT2D eigenvalue weighted by molar-refractivity contribution is -0.143. The first-order valence-corrected chi connectivity index (χ1v) is 10.2. The van der Waals surface area contributed by atoms with Crippen LogP contribution >= 0.6 is 0 Å². The number of amides is 1. The molecular weight excluding hydrogens is 401 g/mol. The molecule has 1 aliphatic heterocycles. The number of para-hydroxylation sites is 1. The summed E-state index contributed by atoms with van der Waals surface area (Å²) in [6, 6.07) is 7.29. The Morgan fingerprint density at radius 3 is 2.65 bits per heavy atom. The Morgan fingerprint density at radius 2 is 2.03 bits per heavy atom. The Hall–Kier alpha value is -2.78. The molecule has 1 amide bonds. The highest BCUT2D eigenvalue weighted by atomic mass is 19.1. The maximum Gasteiger partial charge on any atom is 0.259 e. The number of carbonyl (C=O) groups is 1. The summed E-state index contributed by atoms with van der Waals surface area (Å²) in [6.07, 6.45) is 2.42. The molecule has 8 nitrogen and oxygen atoms in total. The number of hydrogen-bond donors (Lipinski definition) is 2. The Kier molecular flexibility index (Phi) is 9.14. The second-order valence-electron chi connectivity index (χ2n) is 7.72. The van der Waals surface area contributed by atoms with Crippen molar-refractivity contribution in [3.63, 3.8) is 0 Å². The molecule has 1 aliphatic rings. The van der Waals surface area contributed by atoms with Crippen molar-refractivity contribution in [2.45, 2.75) is 25.6 Å². The molecule has 1 fully saturated rings. The molecular formula is C22H32FN5O3. The summed E-state index contributed by atoms with van der Waals surface area (Å²) < 4.78 is 19.2. The first-order chi connectivity index (χ1) is 14.8. The van der Waals surface area contributed by atoms with Gasteiger partial charge in [-0.1, -0.05) is 18.2 Å². The van der Waals surface area contributed by atoms with E-state index >= 15 is 0 Å². The zero-order valence-corrected chi connectivity index (χ0v) is 18.4. The molecule has 1 saturated heterocycles. The fourth-order valence-corrected chi connectivity index (χ4v) is 3.25. The van der Waals surface area contributed by atoms with Gasteiger partial charge in [0.05, 0.1) is 13.2 Å². The van der Waals surface area contributed by atoms with Gasteiger partial charge in [-0.05, 0) is 32.7 Å². The van der Waals surface area contributed by atoms with Gasteiger partial charge in [0.15, 0.2) is 5.67 Å². The molecule has 1 unspecified atom stereocenters. The van der Waals surface area contributed by atoms with Gasteiger partial charge in [-0.15, -0.1) is 0 Å². The molecule has 31 heavy (non-hydrogen) atoms. The van der Waals surface area contributed by atoms with Gasteiger partial charge >= 0.3 is 0 Å². The molecule has 1 aromatic rings. The van der Waals surface area contributed by atoms with Gasteiger partial charge in [0.2, 0.25) is 0 Å². The molecule has 0 radical (unpaired) electrons. The van der Waals surface area contributed by atoms with Crippen molar-refractivity contribution >= 4 is 19.0 Å². The number of aliphatic hydroxyl groups excluding tert-OH is 1. The number of hydrogen-bond acceptors (Lipinski definition) is 6. The van der Waals surface area contributed by atoms with Crippen LogP contribution in [0.4, 0.5) is 4.39 Å². The summed E-state index contributed by atoms with van der Waals surface area (Å²) in [6.45, 7) is 9.01. The number of carbonyl (C=O) groups excluding carboxylic acids is 1. The van der Waals surface area contributed by atoms with Crippen LogP contribution in [-0.2, 0) is 4.79 Å².